The van der Waals surface area contributed by atoms with Gasteiger partial charge in [0.1, 0.15) is 17.7 Å². The third kappa shape index (κ3) is 3.63. The first-order valence-corrected chi connectivity index (χ1v) is 11.2. The van der Waals surface area contributed by atoms with E-state index >= 15 is 0 Å². The lowest BCUT2D eigenvalue weighted by molar-refractivity contribution is 0.148. The smallest absolute Gasteiger partial charge is 0.183 e. The van der Waals surface area contributed by atoms with Gasteiger partial charge >= 0.3 is 0 Å². The number of aromatic nitrogens is 6. The van der Waals surface area contributed by atoms with Gasteiger partial charge in [-0.2, -0.15) is 5.10 Å². The van der Waals surface area contributed by atoms with Crippen molar-refractivity contribution in [3.05, 3.63) is 54.4 Å². The number of piperazine rings is 1. The summed E-state index contributed by atoms with van der Waals surface area (Å²) in [5.74, 6) is 1.87. The number of rotatable bonds is 5. The molecule has 0 saturated carbocycles. The molecule has 0 radical (unpaired) electrons. The highest BCUT2D eigenvalue weighted by atomic mass is 15.3. The van der Waals surface area contributed by atoms with Crippen LogP contribution in [-0.2, 0) is 19.5 Å². The third-order valence-corrected chi connectivity index (χ3v) is 6.45. The Bertz CT molecular complexity index is 1230. The van der Waals surface area contributed by atoms with Gasteiger partial charge in [0.05, 0.1) is 23.8 Å². The molecule has 1 saturated heterocycles. The molecular formula is C23H27N9. The predicted octanol–water partition coefficient (Wildman–Crippen LogP) is 2.45. The standard InChI is InChI=1S/C23H27N9/c1-29-9-11-30(12-10-29)14-17-4-6-19(7-5-17)32-15-18(13-26-32)27-22-21-23(25-16-24-22)28-20-3-2-8-31(20)21/h4-7,13,15-16H,2-3,8-12,14H2,1H3,(H,24,25,27). The Morgan fingerprint density at radius 2 is 1.84 bits per heavy atom. The van der Waals surface area contributed by atoms with Crippen molar-refractivity contribution in [3.8, 4) is 5.69 Å². The summed E-state index contributed by atoms with van der Waals surface area (Å²) in [7, 11) is 2.19. The van der Waals surface area contributed by atoms with Gasteiger partial charge in [0.2, 0.25) is 0 Å². The molecule has 0 bridgehead atoms. The average Bonchev–Trinajstić information content (AvgIpc) is 3.52. The predicted molar refractivity (Wildman–Crippen MR) is 123 cm³/mol. The fourth-order valence-electron chi connectivity index (χ4n) is 4.61. The molecule has 9 heteroatoms. The van der Waals surface area contributed by atoms with Crippen LogP contribution in [0.4, 0.5) is 11.5 Å². The largest absolute Gasteiger partial charge is 0.336 e. The number of benzene rings is 1. The lowest BCUT2D eigenvalue weighted by Gasteiger charge is -2.32. The fourth-order valence-corrected chi connectivity index (χ4v) is 4.61. The molecule has 4 aromatic rings. The Morgan fingerprint density at radius 3 is 2.69 bits per heavy atom. The second-order valence-electron chi connectivity index (χ2n) is 8.72. The summed E-state index contributed by atoms with van der Waals surface area (Å²) in [4.78, 5) is 18.4. The molecule has 6 rings (SSSR count). The molecule has 2 aliphatic heterocycles. The minimum Gasteiger partial charge on any atom is -0.336 e. The first kappa shape index (κ1) is 19.4. The number of anilines is 2. The van der Waals surface area contributed by atoms with Crippen LogP contribution in [0.25, 0.3) is 16.9 Å². The maximum Gasteiger partial charge on any atom is 0.183 e. The summed E-state index contributed by atoms with van der Waals surface area (Å²) in [6, 6.07) is 8.67. The van der Waals surface area contributed by atoms with Gasteiger partial charge in [-0.25, -0.2) is 19.6 Å². The van der Waals surface area contributed by atoms with Crippen molar-refractivity contribution in [2.24, 2.45) is 0 Å². The van der Waals surface area contributed by atoms with Crippen molar-refractivity contribution < 1.29 is 0 Å². The first-order valence-electron chi connectivity index (χ1n) is 11.2. The molecule has 2 aliphatic rings. The van der Waals surface area contributed by atoms with Gasteiger partial charge in [0.15, 0.2) is 11.5 Å². The highest BCUT2D eigenvalue weighted by molar-refractivity contribution is 5.86. The highest BCUT2D eigenvalue weighted by Crippen LogP contribution is 2.28. The molecule has 5 heterocycles. The van der Waals surface area contributed by atoms with Crippen LogP contribution in [0.1, 0.15) is 17.8 Å². The van der Waals surface area contributed by atoms with Crippen molar-refractivity contribution in [3.63, 3.8) is 0 Å². The molecule has 0 spiro atoms. The second-order valence-corrected chi connectivity index (χ2v) is 8.72. The molecule has 32 heavy (non-hydrogen) atoms. The van der Waals surface area contributed by atoms with E-state index in [4.69, 9.17) is 0 Å². The lowest BCUT2D eigenvalue weighted by Crippen LogP contribution is -2.43. The first-order chi connectivity index (χ1) is 15.7. The number of aryl methyl sites for hydroxylation is 2. The maximum absolute atomic E-state index is 4.65. The number of imidazole rings is 1. The highest BCUT2D eigenvalue weighted by Gasteiger charge is 2.20. The van der Waals surface area contributed by atoms with E-state index in [2.05, 4.69) is 71.0 Å². The van der Waals surface area contributed by atoms with E-state index in [1.54, 1.807) is 6.33 Å². The molecule has 0 amide bonds. The summed E-state index contributed by atoms with van der Waals surface area (Å²) in [6.07, 6.45) is 7.50. The van der Waals surface area contributed by atoms with Gasteiger partial charge in [0, 0.05) is 45.7 Å². The Morgan fingerprint density at radius 1 is 1.00 bits per heavy atom. The molecule has 0 unspecified atom stereocenters. The second kappa shape index (κ2) is 7.99. The molecule has 0 aliphatic carbocycles. The van der Waals surface area contributed by atoms with Crippen molar-refractivity contribution in [1.82, 2.24) is 39.1 Å². The SMILES string of the molecule is CN1CCN(Cc2ccc(-n3cc(Nc4ncnc5nc6n(c45)CCC6)cn3)cc2)CC1. The van der Waals surface area contributed by atoms with Crippen molar-refractivity contribution in [2.75, 3.05) is 38.5 Å². The Kier molecular flexibility index (Phi) is 4.84. The Balaban J connectivity index is 1.18. The van der Waals surface area contributed by atoms with Crippen LogP contribution < -0.4 is 5.32 Å². The van der Waals surface area contributed by atoms with Crippen LogP contribution in [0, 0.1) is 0 Å². The zero-order valence-electron chi connectivity index (χ0n) is 18.3. The minimum atomic E-state index is 0.750. The zero-order valence-corrected chi connectivity index (χ0v) is 18.3. The van der Waals surface area contributed by atoms with E-state index in [-0.39, 0.29) is 0 Å². The normalized spacial score (nSPS) is 17.2. The van der Waals surface area contributed by atoms with E-state index < -0.39 is 0 Å². The van der Waals surface area contributed by atoms with Crippen LogP contribution in [0.5, 0.6) is 0 Å². The number of nitrogens with zero attached hydrogens (tertiary/aromatic N) is 8. The van der Waals surface area contributed by atoms with Crippen LogP contribution in [-0.4, -0.2) is 72.3 Å². The number of nitrogens with one attached hydrogen (secondary N) is 1. The molecule has 9 nitrogen and oxygen atoms in total. The van der Waals surface area contributed by atoms with Crippen molar-refractivity contribution in [1.29, 1.82) is 0 Å². The quantitative estimate of drug-likeness (QED) is 0.522. The van der Waals surface area contributed by atoms with Gasteiger partial charge in [-0.3, -0.25) is 4.90 Å². The minimum absolute atomic E-state index is 0.750. The van der Waals surface area contributed by atoms with Gasteiger partial charge in [-0.15, -0.1) is 0 Å². The van der Waals surface area contributed by atoms with E-state index in [9.17, 15) is 0 Å². The molecular weight excluding hydrogens is 402 g/mol. The summed E-state index contributed by atoms with van der Waals surface area (Å²) < 4.78 is 4.11. The monoisotopic (exact) mass is 429 g/mol. The summed E-state index contributed by atoms with van der Waals surface area (Å²) in [6.45, 7) is 6.50. The molecule has 164 valence electrons. The molecule has 1 aromatic carbocycles. The van der Waals surface area contributed by atoms with E-state index in [0.717, 1.165) is 86.3 Å². The van der Waals surface area contributed by atoms with Gasteiger partial charge < -0.3 is 14.8 Å². The van der Waals surface area contributed by atoms with Crippen LogP contribution in [0.3, 0.4) is 0 Å². The van der Waals surface area contributed by atoms with E-state index in [0.29, 0.717) is 0 Å². The molecule has 1 N–H and O–H groups in total. The van der Waals surface area contributed by atoms with Crippen LogP contribution in [0.15, 0.2) is 43.0 Å². The third-order valence-electron chi connectivity index (χ3n) is 6.45. The Labute approximate surface area is 186 Å². The summed E-state index contributed by atoms with van der Waals surface area (Å²) in [5.41, 5.74) is 4.99. The number of hydrogen-bond acceptors (Lipinski definition) is 7. The number of hydrogen-bond donors (Lipinski definition) is 1. The number of fused-ring (bicyclic) bond motifs is 3. The van der Waals surface area contributed by atoms with Crippen molar-refractivity contribution in [2.45, 2.75) is 25.9 Å². The zero-order chi connectivity index (χ0) is 21.5. The topological polar surface area (TPSA) is 79.9 Å². The van der Waals surface area contributed by atoms with E-state index in [1.165, 1.54) is 5.56 Å². The van der Waals surface area contributed by atoms with Gasteiger partial charge in [-0.1, -0.05) is 12.1 Å². The summed E-state index contributed by atoms with van der Waals surface area (Å²) >= 11 is 0. The Hall–Kier alpha value is -3.30. The average molecular weight is 430 g/mol. The number of likely N-dealkylation sites (N-methyl/N-ethyl adjacent to an activating group) is 1. The van der Waals surface area contributed by atoms with E-state index in [1.807, 2.05) is 17.1 Å². The van der Waals surface area contributed by atoms with Crippen LogP contribution in [0.2, 0.25) is 0 Å². The molecule has 1 fully saturated rings. The van der Waals surface area contributed by atoms with Crippen LogP contribution >= 0.6 is 0 Å². The van der Waals surface area contributed by atoms with Gasteiger partial charge in [0.25, 0.3) is 0 Å². The molecule has 3 aromatic heterocycles. The molecule has 0 atom stereocenters. The fraction of sp³-hybridized carbons (Fsp3) is 0.391. The lowest BCUT2D eigenvalue weighted by atomic mass is 10.2. The van der Waals surface area contributed by atoms with Crippen molar-refractivity contribution >= 4 is 22.7 Å². The van der Waals surface area contributed by atoms with Gasteiger partial charge in [-0.05, 0) is 31.2 Å². The maximum atomic E-state index is 4.65. The summed E-state index contributed by atoms with van der Waals surface area (Å²) in [5, 5.41) is 7.96.